The minimum Gasteiger partial charge on any atom is -0.484 e. The van der Waals surface area contributed by atoms with Crippen LogP contribution in [0.2, 0.25) is 5.02 Å². The van der Waals surface area contributed by atoms with Gasteiger partial charge in [-0.05, 0) is 78.7 Å². The molecule has 174 valence electrons. The van der Waals surface area contributed by atoms with Gasteiger partial charge in [0.2, 0.25) is 0 Å². The number of halogens is 2. The van der Waals surface area contributed by atoms with Crippen LogP contribution in [0.4, 0.5) is 15.8 Å². The predicted octanol–water partition coefficient (Wildman–Crippen LogP) is 3.89. The Morgan fingerprint density at radius 3 is 2.38 bits per heavy atom. The average molecular weight is 483 g/mol. The third-order valence-corrected chi connectivity index (χ3v) is 4.65. The largest absolute Gasteiger partial charge is 0.484 e. The number of nitrogens with one attached hydrogen (secondary N) is 3. The summed E-state index contributed by atoms with van der Waals surface area (Å²) in [5, 5.41) is 9.25. The molecule has 0 radical (unpaired) electrons. The summed E-state index contributed by atoms with van der Waals surface area (Å²) >= 11 is 5.90. The van der Waals surface area contributed by atoms with Crippen molar-refractivity contribution in [1.82, 2.24) is 5.43 Å². The highest BCUT2D eigenvalue weighted by Gasteiger charge is 2.14. The predicted molar refractivity (Wildman–Crippen MR) is 128 cm³/mol. The van der Waals surface area contributed by atoms with Crippen molar-refractivity contribution in [2.45, 2.75) is 6.92 Å². The van der Waals surface area contributed by atoms with Crippen LogP contribution in [0.25, 0.3) is 0 Å². The lowest BCUT2D eigenvalue weighted by atomic mass is 10.2. The Kier molecular flexibility index (Phi) is 8.31. The maximum absolute atomic E-state index is 12.9. The molecule has 0 saturated heterocycles. The molecule has 0 saturated carbocycles. The van der Waals surface area contributed by atoms with Crippen LogP contribution in [0.5, 0.6) is 5.75 Å². The van der Waals surface area contributed by atoms with E-state index in [-0.39, 0.29) is 6.61 Å². The molecule has 10 heteroatoms. The second-order valence-corrected chi connectivity index (χ2v) is 7.46. The molecule has 0 aliphatic heterocycles. The number of hydrazone groups is 1. The van der Waals surface area contributed by atoms with Gasteiger partial charge >= 0.3 is 11.8 Å². The van der Waals surface area contributed by atoms with Gasteiger partial charge in [0.1, 0.15) is 11.6 Å². The lowest BCUT2D eigenvalue weighted by molar-refractivity contribution is -0.136. The van der Waals surface area contributed by atoms with E-state index in [1.165, 1.54) is 30.5 Å². The molecule has 3 N–H and O–H groups in total. The van der Waals surface area contributed by atoms with E-state index in [0.29, 0.717) is 27.7 Å². The van der Waals surface area contributed by atoms with Gasteiger partial charge in [0.05, 0.1) is 6.21 Å². The molecule has 0 aliphatic carbocycles. The van der Waals surface area contributed by atoms with Crippen molar-refractivity contribution < 1.29 is 23.5 Å². The van der Waals surface area contributed by atoms with Crippen LogP contribution in [-0.2, 0) is 14.4 Å². The lowest BCUT2D eigenvalue weighted by Crippen LogP contribution is -2.32. The number of rotatable bonds is 7. The van der Waals surface area contributed by atoms with Crippen LogP contribution in [0, 0.1) is 12.7 Å². The van der Waals surface area contributed by atoms with Crippen molar-refractivity contribution in [2.75, 3.05) is 17.2 Å². The minimum atomic E-state index is -0.942. The molecular formula is C24H20ClFN4O4. The van der Waals surface area contributed by atoms with Crippen LogP contribution in [-0.4, -0.2) is 30.5 Å². The first-order chi connectivity index (χ1) is 16.3. The fourth-order valence-corrected chi connectivity index (χ4v) is 2.83. The maximum Gasteiger partial charge on any atom is 0.329 e. The van der Waals surface area contributed by atoms with E-state index in [1.54, 1.807) is 49.4 Å². The summed E-state index contributed by atoms with van der Waals surface area (Å²) < 4.78 is 18.3. The van der Waals surface area contributed by atoms with Crippen LogP contribution in [0.1, 0.15) is 11.1 Å². The molecule has 0 unspecified atom stereocenters. The third kappa shape index (κ3) is 7.42. The van der Waals surface area contributed by atoms with Gasteiger partial charge in [-0.1, -0.05) is 17.7 Å². The van der Waals surface area contributed by atoms with Gasteiger partial charge in [-0.15, -0.1) is 0 Å². The summed E-state index contributed by atoms with van der Waals surface area (Å²) in [6.07, 6.45) is 1.35. The van der Waals surface area contributed by atoms with E-state index < -0.39 is 23.5 Å². The second-order valence-electron chi connectivity index (χ2n) is 7.03. The molecule has 8 nitrogen and oxygen atoms in total. The van der Waals surface area contributed by atoms with E-state index in [9.17, 15) is 18.8 Å². The number of anilines is 2. The number of carbonyl (C=O) groups is 3. The first-order valence-electron chi connectivity index (χ1n) is 9.99. The summed E-state index contributed by atoms with van der Waals surface area (Å²) in [5.74, 6) is -2.18. The molecule has 0 aromatic heterocycles. The number of hydrogen-bond donors (Lipinski definition) is 3. The Morgan fingerprint density at radius 1 is 0.971 bits per heavy atom. The summed E-state index contributed by atoms with van der Waals surface area (Å²) in [5.41, 5.74) is 4.41. The van der Waals surface area contributed by atoms with Crippen molar-refractivity contribution in [3.05, 3.63) is 88.7 Å². The molecule has 0 spiro atoms. The SMILES string of the molecule is Cc1ccc(Cl)cc1NC(=O)C(=O)N/N=C\c1ccc(OCC(=O)Nc2ccc(F)cc2)cc1. The number of aryl methyl sites for hydroxylation is 1. The fourth-order valence-electron chi connectivity index (χ4n) is 2.65. The third-order valence-electron chi connectivity index (χ3n) is 4.41. The molecule has 0 bridgehead atoms. The van der Waals surface area contributed by atoms with E-state index >= 15 is 0 Å². The van der Waals surface area contributed by atoms with Crippen molar-refractivity contribution in [3.63, 3.8) is 0 Å². The van der Waals surface area contributed by atoms with Crippen molar-refractivity contribution in [1.29, 1.82) is 0 Å². The van der Waals surface area contributed by atoms with E-state index in [2.05, 4.69) is 21.2 Å². The lowest BCUT2D eigenvalue weighted by Gasteiger charge is -2.08. The fraction of sp³-hybridized carbons (Fsp3) is 0.0833. The quantitative estimate of drug-likeness (QED) is 0.269. The monoisotopic (exact) mass is 482 g/mol. The van der Waals surface area contributed by atoms with E-state index in [0.717, 1.165) is 5.56 Å². The molecule has 0 atom stereocenters. The number of ether oxygens (including phenoxy) is 1. The number of nitrogens with zero attached hydrogens (tertiary/aromatic N) is 1. The number of hydrogen-bond acceptors (Lipinski definition) is 5. The van der Waals surface area contributed by atoms with Crippen LogP contribution < -0.4 is 20.8 Å². The highest BCUT2D eigenvalue weighted by atomic mass is 35.5. The summed E-state index contributed by atoms with van der Waals surface area (Å²) in [7, 11) is 0. The molecule has 3 aromatic rings. The van der Waals surface area contributed by atoms with Gasteiger partial charge < -0.3 is 15.4 Å². The average Bonchev–Trinajstić information content (AvgIpc) is 2.82. The first-order valence-corrected chi connectivity index (χ1v) is 10.4. The van der Waals surface area contributed by atoms with Gasteiger partial charge in [0.25, 0.3) is 5.91 Å². The number of carbonyl (C=O) groups excluding carboxylic acids is 3. The Labute approximate surface area is 199 Å². The highest BCUT2D eigenvalue weighted by molar-refractivity contribution is 6.40. The van der Waals surface area contributed by atoms with Gasteiger partial charge in [-0.3, -0.25) is 14.4 Å². The Morgan fingerprint density at radius 2 is 1.68 bits per heavy atom. The molecule has 3 rings (SSSR count). The molecule has 3 aromatic carbocycles. The summed E-state index contributed by atoms with van der Waals surface area (Å²) in [4.78, 5) is 35.9. The van der Waals surface area contributed by atoms with Gasteiger partial charge in [-0.25, -0.2) is 9.82 Å². The Bertz CT molecular complexity index is 1210. The first kappa shape index (κ1) is 24.4. The van der Waals surface area contributed by atoms with Crippen molar-refractivity contribution in [2.24, 2.45) is 5.10 Å². The zero-order valence-corrected chi connectivity index (χ0v) is 18.7. The van der Waals surface area contributed by atoms with Gasteiger partial charge in [0.15, 0.2) is 6.61 Å². The molecule has 0 fully saturated rings. The standard InChI is InChI=1S/C24H20ClFN4O4/c1-15-2-5-17(25)12-21(15)29-23(32)24(33)30-27-13-16-3-10-20(11-4-16)34-14-22(31)28-19-8-6-18(26)7-9-19/h2-13H,14H2,1H3,(H,28,31)(H,29,32)(H,30,33)/b27-13-. The zero-order chi connectivity index (χ0) is 24.5. The van der Waals surface area contributed by atoms with Gasteiger partial charge in [0, 0.05) is 16.4 Å². The number of benzene rings is 3. The molecule has 0 heterocycles. The van der Waals surface area contributed by atoms with E-state index in [4.69, 9.17) is 16.3 Å². The molecule has 3 amide bonds. The Balaban J connectivity index is 1.44. The summed E-state index contributed by atoms with van der Waals surface area (Å²) in [6.45, 7) is 1.54. The van der Waals surface area contributed by atoms with Crippen molar-refractivity contribution in [3.8, 4) is 5.75 Å². The minimum absolute atomic E-state index is 0.234. The normalized spacial score (nSPS) is 10.6. The smallest absolute Gasteiger partial charge is 0.329 e. The van der Waals surface area contributed by atoms with Gasteiger partial charge in [-0.2, -0.15) is 5.10 Å². The highest BCUT2D eigenvalue weighted by Crippen LogP contribution is 2.20. The molecular weight excluding hydrogens is 463 g/mol. The Hall–Kier alpha value is -4.24. The van der Waals surface area contributed by atoms with Crippen molar-refractivity contribution >= 4 is 46.9 Å². The maximum atomic E-state index is 12.9. The van der Waals surface area contributed by atoms with Crippen LogP contribution >= 0.6 is 11.6 Å². The second kappa shape index (κ2) is 11.6. The van der Waals surface area contributed by atoms with Crippen LogP contribution in [0.15, 0.2) is 71.8 Å². The molecule has 34 heavy (non-hydrogen) atoms. The molecule has 0 aliphatic rings. The summed E-state index contributed by atoms with van der Waals surface area (Å²) in [6, 6.07) is 16.8. The topological polar surface area (TPSA) is 109 Å². The number of amides is 3. The van der Waals surface area contributed by atoms with E-state index in [1.807, 2.05) is 0 Å². The van der Waals surface area contributed by atoms with Crippen LogP contribution in [0.3, 0.4) is 0 Å². The zero-order valence-electron chi connectivity index (χ0n) is 18.0.